The lowest BCUT2D eigenvalue weighted by atomic mass is 10.1. The molecule has 1 aliphatic rings. The summed E-state index contributed by atoms with van der Waals surface area (Å²) in [5.74, 6) is 5.52. The molecule has 2 rings (SSSR count). The van der Waals surface area contributed by atoms with Gasteiger partial charge in [-0.2, -0.15) is 0 Å². The number of halogens is 1. The van der Waals surface area contributed by atoms with Crippen LogP contribution in [-0.4, -0.2) is 36.9 Å². The molecular formula is C16H18ClNO3. The van der Waals surface area contributed by atoms with E-state index in [0.717, 1.165) is 19.4 Å². The van der Waals surface area contributed by atoms with Crippen molar-refractivity contribution in [2.24, 2.45) is 0 Å². The smallest absolute Gasteiger partial charge is 0.251 e. The maximum atomic E-state index is 12.1. The van der Waals surface area contributed by atoms with Gasteiger partial charge in [-0.1, -0.05) is 23.4 Å². The Labute approximate surface area is 129 Å². The largest absolute Gasteiger partial charge is 0.395 e. The van der Waals surface area contributed by atoms with Crippen LogP contribution in [0.15, 0.2) is 18.2 Å². The van der Waals surface area contributed by atoms with E-state index in [1.807, 2.05) is 0 Å². The predicted octanol–water partition coefficient (Wildman–Crippen LogP) is 1.98. The van der Waals surface area contributed by atoms with Crippen LogP contribution < -0.4 is 5.32 Å². The van der Waals surface area contributed by atoms with Crippen LogP contribution in [0, 0.1) is 11.8 Å². The predicted molar refractivity (Wildman–Crippen MR) is 81.3 cm³/mol. The van der Waals surface area contributed by atoms with E-state index in [4.69, 9.17) is 21.4 Å². The van der Waals surface area contributed by atoms with Crippen LogP contribution in [0.2, 0.25) is 5.02 Å². The van der Waals surface area contributed by atoms with Crippen LogP contribution in [0.5, 0.6) is 0 Å². The number of ether oxygens (including phenoxy) is 1. The average Bonchev–Trinajstić information content (AvgIpc) is 2.50. The van der Waals surface area contributed by atoms with Crippen molar-refractivity contribution in [1.29, 1.82) is 0 Å². The summed E-state index contributed by atoms with van der Waals surface area (Å²) >= 11 is 6.13. The first kappa shape index (κ1) is 15.8. The lowest BCUT2D eigenvalue weighted by Crippen LogP contribution is -2.40. The molecule has 1 aliphatic heterocycles. The Morgan fingerprint density at radius 2 is 2.38 bits per heavy atom. The van der Waals surface area contributed by atoms with Crippen LogP contribution in [0.1, 0.15) is 35.2 Å². The highest BCUT2D eigenvalue weighted by molar-refractivity contribution is 6.32. The highest BCUT2D eigenvalue weighted by Gasteiger charge is 2.17. The molecule has 1 aromatic rings. The van der Waals surface area contributed by atoms with Gasteiger partial charge < -0.3 is 15.2 Å². The fourth-order valence-corrected chi connectivity index (χ4v) is 2.32. The van der Waals surface area contributed by atoms with Crippen LogP contribution in [0.25, 0.3) is 0 Å². The summed E-state index contributed by atoms with van der Waals surface area (Å²) in [5, 5.41) is 12.1. The van der Waals surface area contributed by atoms with E-state index >= 15 is 0 Å². The van der Waals surface area contributed by atoms with E-state index in [1.54, 1.807) is 18.2 Å². The molecule has 1 heterocycles. The maximum Gasteiger partial charge on any atom is 0.251 e. The van der Waals surface area contributed by atoms with Crippen molar-refractivity contribution >= 4 is 17.5 Å². The highest BCUT2D eigenvalue weighted by atomic mass is 35.5. The van der Waals surface area contributed by atoms with E-state index in [9.17, 15) is 4.79 Å². The van der Waals surface area contributed by atoms with E-state index in [-0.39, 0.29) is 18.6 Å². The van der Waals surface area contributed by atoms with Crippen molar-refractivity contribution in [3.63, 3.8) is 0 Å². The molecule has 0 bridgehead atoms. The number of aliphatic hydroxyl groups is 1. The lowest BCUT2D eigenvalue weighted by molar-refractivity contribution is 0.0624. The maximum absolute atomic E-state index is 12.1. The van der Waals surface area contributed by atoms with Gasteiger partial charge in [0.2, 0.25) is 0 Å². The third-order valence-electron chi connectivity index (χ3n) is 3.19. The summed E-state index contributed by atoms with van der Waals surface area (Å²) in [4.78, 5) is 12.1. The van der Waals surface area contributed by atoms with Gasteiger partial charge in [-0.25, -0.2) is 0 Å². The first-order valence-electron chi connectivity index (χ1n) is 6.98. The number of carbonyl (C=O) groups excluding carboxylic acids is 1. The fraction of sp³-hybridized carbons (Fsp3) is 0.438. The Kier molecular flexibility index (Phi) is 6.06. The van der Waals surface area contributed by atoms with Crippen molar-refractivity contribution in [3.8, 4) is 11.8 Å². The Balaban J connectivity index is 2.01. The van der Waals surface area contributed by atoms with E-state index in [0.29, 0.717) is 29.2 Å². The van der Waals surface area contributed by atoms with Gasteiger partial charge in [-0.3, -0.25) is 4.79 Å². The zero-order valence-electron chi connectivity index (χ0n) is 11.7. The summed E-state index contributed by atoms with van der Waals surface area (Å²) in [6.45, 7) is 1.35. The van der Waals surface area contributed by atoms with Crippen LogP contribution in [-0.2, 0) is 4.74 Å². The summed E-state index contributed by atoms with van der Waals surface area (Å²) in [5.41, 5.74) is 1.17. The molecule has 0 radical (unpaired) electrons. The molecule has 1 amide bonds. The minimum absolute atomic E-state index is 0.0224. The molecule has 5 heteroatoms. The van der Waals surface area contributed by atoms with E-state index < -0.39 is 0 Å². The highest BCUT2D eigenvalue weighted by Crippen LogP contribution is 2.17. The number of nitrogens with one attached hydrogen (secondary N) is 1. The molecule has 21 heavy (non-hydrogen) atoms. The summed E-state index contributed by atoms with van der Waals surface area (Å²) in [6, 6.07) is 5.10. The standard InChI is InChI=1S/C16H18ClNO3/c17-15-10-13(7-6-12(15)4-1-2-8-19)16(20)18-14-5-3-9-21-11-14/h6-7,10,14,19H,2-3,5,8-9,11H2,(H,18,20). The molecule has 4 nitrogen and oxygen atoms in total. The zero-order chi connectivity index (χ0) is 15.1. The molecule has 1 saturated heterocycles. The molecule has 2 N–H and O–H groups in total. The molecule has 0 spiro atoms. The second-order valence-electron chi connectivity index (χ2n) is 4.86. The fourth-order valence-electron chi connectivity index (χ4n) is 2.09. The Morgan fingerprint density at radius 3 is 3.05 bits per heavy atom. The van der Waals surface area contributed by atoms with Gasteiger partial charge in [0.05, 0.1) is 24.3 Å². The number of benzene rings is 1. The van der Waals surface area contributed by atoms with Crippen molar-refractivity contribution in [3.05, 3.63) is 34.3 Å². The quantitative estimate of drug-likeness (QED) is 0.840. The minimum Gasteiger partial charge on any atom is -0.395 e. The molecule has 0 saturated carbocycles. The van der Waals surface area contributed by atoms with Gasteiger partial charge in [0.25, 0.3) is 5.91 Å². The number of hydrogen-bond acceptors (Lipinski definition) is 3. The average molecular weight is 308 g/mol. The van der Waals surface area contributed by atoms with Gasteiger partial charge in [-0.05, 0) is 31.0 Å². The third-order valence-corrected chi connectivity index (χ3v) is 3.50. The molecule has 112 valence electrons. The number of carbonyl (C=O) groups is 1. The normalized spacial score (nSPS) is 17.7. The Bertz CT molecular complexity index is 556. The molecule has 1 fully saturated rings. The number of aliphatic hydroxyl groups excluding tert-OH is 1. The SMILES string of the molecule is O=C(NC1CCCOC1)c1ccc(C#CCCO)c(Cl)c1. The van der Waals surface area contributed by atoms with Crippen LogP contribution in [0.4, 0.5) is 0 Å². The Hall–Kier alpha value is -1.54. The summed E-state index contributed by atoms with van der Waals surface area (Å²) < 4.78 is 5.34. The third kappa shape index (κ3) is 4.75. The topological polar surface area (TPSA) is 58.6 Å². The number of rotatable bonds is 3. The monoisotopic (exact) mass is 307 g/mol. The van der Waals surface area contributed by atoms with E-state index in [2.05, 4.69) is 17.2 Å². The first-order chi connectivity index (χ1) is 10.2. The van der Waals surface area contributed by atoms with Crippen LogP contribution in [0.3, 0.4) is 0 Å². The Morgan fingerprint density at radius 1 is 1.52 bits per heavy atom. The number of hydrogen-bond donors (Lipinski definition) is 2. The first-order valence-corrected chi connectivity index (χ1v) is 7.36. The summed E-state index contributed by atoms with van der Waals surface area (Å²) in [6.07, 6.45) is 2.30. The molecule has 0 aliphatic carbocycles. The van der Waals surface area contributed by atoms with Crippen molar-refractivity contribution < 1.29 is 14.6 Å². The van der Waals surface area contributed by atoms with Crippen molar-refractivity contribution in [2.45, 2.75) is 25.3 Å². The summed E-state index contributed by atoms with van der Waals surface area (Å²) in [7, 11) is 0. The molecule has 0 aromatic heterocycles. The second kappa shape index (κ2) is 8.04. The minimum atomic E-state index is -0.151. The molecule has 1 atom stereocenters. The van der Waals surface area contributed by atoms with Crippen molar-refractivity contribution in [1.82, 2.24) is 5.32 Å². The van der Waals surface area contributed by atoms with Crippen molar-refractivity contribution in [2.75, 3.05) is 19.8 Å². The second-order valence-corrected chi connectivity index (χ2v) is 5.26. The zero-order valence-corrected chi connectivity index (χ0v) is 12.4. The van der Waals surface area contributed by atoms with E-state index in [1.165, 1.54) is 0 Å². The molecular weight excluding hydrogens is 290 g/mol. The van der Waals surface area contributed by atoms with Gasteiger partial charge in [0.1, 0.15) is 0 Å². The van der Waals surface area contributed by atoms with Gasteiger partial charge >= 0.3 is 0 Å². The van der Waals surface area contributed by atoms with Gasteiger partial charge in [-0.15, -0.1) is 0 Å². The lowest BCUT2D eigenvalue weighted by Gasteiger charge is -2.23. The number of amides is 1. The van der Waals surface area contributed by atoms with Gasteiger partial charge in [0.15, 0.2) is 0 Å². The van der Waals surface area contributed by atoms with Gasteiger partial charge in [0, 0.05) is 24.2 Å². The molecule has 1 unspecified atom stereocenters. The molecule has 1 aromatic carbocycles. The van der Waals surface area contributed by atoms with Crippen LogP contribution >= 0.6 is 11.6 Å².